The molecule has 3 aromatic rings. The maximum absolute atomic E-state index is 14.0. The summed E-state index contributed by atoms with van der Waals surface area (Å²) >= 11 is 0. The number of anilines is 1. The van der Waals surface area contributed by atoms with Crippen LogP contribution in [0.15, 0.2) is 53.6 Å². The summed E-state index contributed by atoms with van der Waals surface area (Å²) in [5.41, 5.74) is -4.79. The van der Waals surface area contributed by atoms with Gasteiger partial charge in [0.1, 0.15) is 23.0 Å². The van der Waals surface area contributed by atoms with E-state index in [0.717, 1.165) is 30.3 Å². The first-order valence-electron chi connectivity index (χ1n) is 7.69. The zero-order valence-electron chi connectivity index (χ0n) is 13.8. The molecule has 144 valence electrons. The number of benzene rings is 1. The van der Waals surface area contributed by atoms with Crippen molar-refractivity contribution in [2.24, 2.45) is 0 Å². The summed E-state index contributed by atoms with van der Waals surface area (Å²) in [4.78, 5) is 30.0. The van der Waals surface area contributed by atoms with Crippen molar-refractivity contribution in [2.75, 3.05) is 5.32 Å². The number of amides is 1. The lowest BCUT2D eigenvalue weighted by Crippen LogP contribution is -2.20. The molecule has 1 amide bonds. The highest BCUT2D eigenvalue weighted by Gasteiger charge is 2.36. The molecule has 0 aliphatic rings. The number of halogens is 5. The molecule has 0 saturated heterocycles. The van der Waals surface area contributed by atoms with Gasteiger partial charge in [-0.2, -0.15) is 13.2 Å². The van der Waals surface area contributed by atoms with E-state index in [1.54, 1.807) is 0 Å². The Morgan fingerprint density at radius 2 is 1.71 bits per heavy atom. The predicted octanol–water partition coefficient (Wildman–Crippen LogP) is 3.99. The summed E-state index contributed by atoms with van der Waals surface area (Å²) < 4.78 is 68.0. The number of rotatable bonds is 3. The van der Waals surface area contributed by atoms with Gasteiger partial charge in [0.2, 0.25) is 5.43 Å². The number of aromatic amines is 1. The van der Waals surface area contributed by atoms with Crippen molar-refractivity contribution in [1.82, 2.24) is 9.97 Å². The highest BCUT2D eigenvalue weighted by atomic mass is 19.4. The molecule has 5 nitrogen and oxygen atoms in total. The molecule has 0 spiro atoms. The number of alkyl halides is 3. The van der Waals surface area contributed by atoms with Crippen LogP contribution >= 0.6 is 0 Å². The molecule has 2 heterocycles. The van der Waals surface area contributed by atoms with Gasteiger partial charge in [0.05, 0.1) is 16.8 Å². The molecular weight excluding hydrogens is 385 g/mol. The van der Waals surface area contributed by atoms with Gasteiger partial charge in [-0.25, -0.2) is 13.8 Å². The zero-order chi connectivity index (χ0) is 20.5. The fourth-order valence-electron chi connectivity index (χ4n) is 2.43. The number of pyridine rings is 2. The van der Waals surface area contributed by atoms with Gasteiger partial charge in [0.25, 0.3) is 5.91 Å². The maximum Gasteiger partial charge on any atom is 0.418 e. The predicted molar refractivity (Wildman–Crippen MR) is 89.6 cm³/mol. The molecule has 0 aliphatic carbocycles. The largest absolute Gasteiger partial charge is 0.418 e. The van der Waals surface area contributed by atoms with Gasteiger partial charge in [0.15, 0.2) is 0 Å². The van der Waals surface area contributed by atoms with Gasteiger partial charge >= 0.3 is 6.18 Å². The first-order chi connectivity index (χ1) is 13.2. The summed E-state index contributed by atoms with van der Waals surface area (Å²) in [5.74, 6) is -3.56. The van der Waals surface area contributed by atoms with Crippen molar-refractivity contribution in [1.29, 1.82) is 0 Å². The first kappa shape index (κ1) is 19.2. The molecule has 0 aliphatic heterocycles. The highest BCUT2D eigenvalue weighted by molar-refractivity contribution is 6.03. The van der Waals surface area contributed by atoms with Gasteiger partial charge in [0, 0.05) is 18.5 Å². The molecular formula is C18H10F5N3O2. The number of hydrogen-bond acceptors (Lipinski definition) is 3. The van der Waals surface area contributed by atoms with E-state index in [1.807, 2.05) is 0 Å². The van der Waals surface area contributed by atoms with Crippen LogP contribution in [-0.4, -0.2) is 15.9 Å². The lowest BCUT2D eigenvalue weighted by atomic mass is 10.0. The summed E-state index contributed by atoms with van der Waals surface area (Å²) in [7, 11) is 0. The van der Waals surface area contributed by atoms with Gasteiger partial charge in [-0.05, 0) is 24.3 Å². The van der Waals surface area contributed by atoms with Gasteiger partial charge in [-0.3, -0.25) is 9.59 Å². The molecule has 3 rings (SSSR count). The fraction of sp³-hybridized carbons (Fsp3) is 0.0556. The van der Waals surface area contributed by atoms with Crippen molar-refractivity contribution in [3.05, 3.63) is 81.9 Å². The minimum Gasteiger partial charge on any atom is -0.366 e. The van der Waals surface area contributed by atoms with E-state index in [1.165, 1.54) is 12.4 Å². The number of nitrogens with zero attached hydrogens (tertiary/aromatic N) is 1. The number of hydrogen-bond donors (Lipinski definition) is 2. The van der Waals surface area contributed by atoms with E-state index < -0.39 is 51.7 Å². The van der Waals surface area contributed by atoms with Crippen LogP contribution < -0.4 is 10.7 Å². The van der Waals surface area contributed by atoms with Gasteiger partial charge < -0.3 is 10.3 Å². The Bertz CT molecular complexity index is 1090. The molecule has 1 aromatic carbocycles. The standard InChI is InChI=1S/C18H10F5N3O2/c19-10-2-1-3-11(20)15(10)16-9(18(21,22)23)4-5-12(25-16)17(28)26-13-8-24-7-6-14(13)27/h1-8H,(H,24,27)(H,26,28). The average molecular weight is 395 g/mol. The number of H-pyrrole nitrogens is 1. The van der Waals surface area contributed by atoms with Crippen LogP contribution in [0, 0.1) is 11.6 Å². The van der Waals surface area contributed by atoms with E-state index in [2.05, 4.69) is 15.3 Å². The van der Waals surface area contributed by atoms with E-state index in [4.69, 9.17) is 0 Å². The van der Waals surface area contributed by atoms with Crippen LogP contribution in [0.1, 0.15) is 16.1 Å². The Kier molecular flexibility index (Phi) is 4.95. The summed E-state index contributed by atoms with van der Waals surface area (Å²) in [6.45, 7) is 0. The Morgan fingerprint density at radius 1 is 1.04 bits per heavy atom. The number of aromatic nitrogens is 2. The third-order valence-corrected chi connectivity index (χ3v) is 3.71. The third-order valence-electron chi connectivity index (χ3n) is 3.71. The van der Waals surface area contributed by atoms with Crippen LogP contribution in [0.3, 0.4) is 0 Å². The Hall–Kier alpha value is -3.56. The van der Waals surface area contributed by atoms with Crippen LogP contribution in [0.25, 0.3) is 11.3 Å². The Labute approximate surface area is 153 Å². The molecule has 10 heteroatoms. The molecule has 0 bridgehead atoms. The van der Waals surface area contributed by atoms with Crippen LogP contribution in [0.4, 0.5) is 27.6 Å². The van der Waals surface area contributed by atoms with Crippen LogP contribution in [0.2, 0.25) is 0 Å². The number of carbonyl (C=O) groups excluding carboxylic acids is 1. The van der Waals surface area contributed by atoms with Crippen molar-refractivity contribution in [3.8, 4) is 11.3 Å². The van der Waals surface area contributed by atoms with Crippen LogP contribution in [-0.2, 0) is 6.18 Å². The quantitative estimate of drug-likeness (QED) is 0.659. The van der Waals surface area contributed by atoms with E-state index in [0.29, 0.717) is 6.07 Å². The minimum absolute atomic E-state index is 0.173. The summed E-state index contributed by atoms with van der Waals surface area (Å²) in [6, 6.07) is 4.90. The fourth-order valence-corrected chi connectivity index (χ4v) is 2.43. The molecule has 2 N–H and O–H groups in total. The molecule has 0 saturated carbocycles. The van der Waals surface area contributed by atoms with Crippen molar-refractivity contribution >= 4 is 11.6 Å². The van der Waals surface area contributed by atoms with E-state index >= 15 is 0 Å². The van der Waals surface area contributed by atoms with Gasteiger partial charge in [-0.15, -0.1) is 0 Å². The average Bonchev–Trinajstić information content (AvgIpc) is 2.62. The molecule has 2 aromatic heterocycles. The Morgan fingerprint density at radius 3 is 2.32 bits per heavy atom. The minimum atomic E-state index is -4.97. The summed E-state index contributed by atoms with van der Waals surface area (Å²) in [5, 5.41) is 2.18. The topological polar surface area (TPSA) is 74.8 Å². The second-order valence-corrected chi connectivity index (χ2v) is 5.56. The molecule has 28 heavy (non-hydrogen) atoms. The van der Waals surface area contributed by atoms with E-state index in [-0.39, 0.29) is 5.69 Å². The monoisotopic (exact) mass is 395 g/mol. The molecule has 0 fully saturated rings. The van der Waals surface area contributed by atoms with Crippen molar-refractivity contribution in [2.45, 2.75) is 6.18 Å². The molecule has 0 unspecified atom stereocenters. The second kappa shape index (κ2) is 7.22. The lowest BCUT2D eigenvalue weighted by Gasteiger charge is -2.14. The first-order valence-corrected chi connectivity index (χ1v) is 7.69. The smallest absolute Gasteiger partial charge is 0.366 e. The third kappa shape index (κ3) is 3.75. The zero-order valence-corrected chi connectivity index (χ0v) is 13.8. The lowest BCUT2D eigenvalue weighted by molar-refractivity contribution is -0.137. The Balaban J connectivity index is 2.12. The second-order valence-electron chi connectivity index (χ2n) is 5.56. The SMILES string of the molecule is O=C(Nc1c[nH]ccc1=O)c1ccc(C(F)(F)F)c(-c2c(F)cccc2F)n1. The molecule has 0 radical (unpaired) electrons. The maximum atomic E-state index is 14.0. The van der Waals surface area contributed by atoms with Crippen molar-refractivity contribution < 1.29 is 26.7 Å². The number of carbonyl (C=O) groups is 1. The van der Waals surface area contributed by atoms with E-state index in [9.17, 15) is 31.5 Å². The highest BCUT2D eigenvalue weighted by Crippen LogP contribution is 2.38. The normalized spacial score (nSPS) is 11.3. The molecule has 0 atom stereocenters. The summed E-state index contributed by atoms with van der Waals surface area (Å²) in [6.07, 6.45) is -2.49. The van der Waals surface area contributed by atoms with Crippen molar-refractivity contribution in [3.63, 3.8) is 0 Å². The van der Waals surface area contributed by atoms with Crippen LogP contribution in [0.5, 0.6) is 0 Å². The number of nitrogens with one attached hydrogen (secondary N) is 2. The van der Waals surface area contributed by atoms with Gasteiger partial charge in [-0.1, -0.05) is 6.07 Å².